The zero-order valence-corrected chi connectivity index (χ0v) is 12.1. The Kier molecular flexibility index (Phi) is 4.00. The van der Waals surface area contributed by atoms with E-state index in [9.17, 15) is 9.18 Å². The normalized spacial score (nSPS) is 10.3. The first-order valence-electron chi connectivity index (χ1n) is 5.67. The van der Waals surface area contributed by atoms with Crippen molar-refractivity contribution in [2.45, 2.75) is 6.92 Å². The van der Waals surface area contributed by atoms with Crippen LogP contribution in [0.4, 0.5) is 4.39 Å². The Hall–Kier alpha value is -1.68. The van der Waals surface area contributed by atoms with Crippen LogP contribution in [0, 0.1) is 12.7 Å². The van der Waals surface area contributed by atoms with Gasteiger partial charge in [0, 0.05) is 10.0 Å². The number of carbonyl (C=O) groups excluding carboxylic acids is 1. The molecular weight excluding hydrogens is 311 g/mol. The van der Waals surface area contributed by atoms with Crippen molar-refractivity contribution in [3.05, 3.63) is 63.4 Å². The van der Waals surface area contributed by atoms with Crippen LogP contribution in [0.1, 0.15) is 21.5 Å². The van der Waals surface area contributed by atoms with Gasteiger partial charge in [0.05, 0.1) is 12.7 Å². The van der Waals surface area contributed by atoms with Gasteiger partial charge in [0.1, 0.15) is 11.6 Å². The first-order chi connectivity index (χ1) is 9.02. The van der Waals surface area contributed by atoms with E-state index in [0.717, 1.165) is 4.47 Å². The molecule has 0 amide bonds. The van der Waals surface area contributed by atoms with Crippen LogP contribution in [0.3, 0.4) is 0 Å². The molecule has 0 unspecified atom stereocenters. The third kappa shape index (κ3) is 2.84. The summed E-state index contributed by atoms with van der Waals surface area (Å²) in [5.41, 5.74) is 1.54. The molecule has 0 heterocycles. The average Bonchev–Trinajstić information content (AvgIpc) is 2.37. The molecule has 19 heavy (non-hydrogen) atoms. The molecule has 98 valence electrons. The van der Waals surface area contributed by atoms with Crippen molar-refractivity contribution >= 4 is 21.7 Å². The zero-order chi connectivity index (χ0) is 14.0. The molecule has 0 aliphatic carbocycles. The SMILES string of the molecule is COc1cc(Br)ccc1C(=O)c1ccc(F)cc1C. The highest BCUT2D eigenvalue weighted by molar-refractivity contribution is 9.10. The Morgan fingerprint density at radius 3 is 2.47 bits per heavy atom. The van der Waals surface area contributed by atoms with Crippen molar-refractivity contribution in [3.8, 4) is 5.75 Å². The number of ether oxygens (including phenoxy) is 1. The molecule has 0 atom stereocenters. The molecule has 0 radical (unpaired) electrons. The number of aryl methyl sites for hydroxylation is 1. The summed E-state index contributed by atoms with van der Waals surface area (Å²) >= 11 is 3.33. The van der Waals surface area contributed by atoms with E-state index < -0.39 is 0 Å². The van der Waals surface area contributed by atoms with Crippen molar-refractivity contribution in [1.82, 2.24) is 0 Å². The van der Waals surface area contributed by atoms with Gasteiger partial charge >= 0.3 is 0 Å². The fraction of sp³-hybridized carbons (Fsp3) is 0.133. The number of carbonyl (C=O) groups is 1. The summed E-state index contributed by atoms with van der Waals surface area (Å²) < 4.78 is 19.1. The molecule has 4 heteroatoms. The smallest absolute Gasteiger partial charge is 0.197 e. The second-order valence-corrected chi connectivity index (χ2v) is 5.05. The fourth-order valence-corrected chi connectivity index (χ4v) is 2.22. The minimum absolute atomic E-state index is 0.179. The lowest BCUT2D eigenvalue weighted by Gasteiger charge is -2.10. The van der Waals surface area contributed by atoms with Gasteiger partial charge in [-0.3, -0.25) is 4.79 Å². The maximum Gasteiger partial charge on any atom is 0.197 e. The van der Waals surface area contributed by atoms with E-state index in [-0.39, 0.29) is 11.6 Å². The van der Waals surface area contributed by atoms with Gasteiger partial charge in [-0.05, 0) is 48.9 Å². The van der Waals surface area contributed by atoms with Crippen LogP contribution in [-0.4, -0.2) is 12.9 Å². The summed E-state index contributed by atoms with van der Waals surface area (Å²) in [5, 5.41) is 0. The molecule has 0 bridgehead atoms. The van der Waals surface area contributed by atoms with Crippen molar-refractivity contribution in [1.29, 1.82) is 0 Å². The van der Waals surface area contributed by atoms with Gasteiger partial charge in [0.25, 0.3) is 0 Å². The Morgan fingerprint density at radius 2 is 1.84 bits per heavy atom. The van der Waals surface area contributed by atoms with Crippen LogP contribution in [0.2, 0.25) is 0 Å². The van der Waals surface area contributed by atoms with Crippen LogP contribution >= 0.6 is 15.9 Å². The molecule has 2 nitrogen and oxygen atoms in total. The van der Waals surface area contributed by atoms with Crippen LogP contribution < -0.4 is 4.74 Å². The van der Waals surface area contributed by atoms with E-state index in [2.05, 4.69) is 15.9 Å². The molecule has 0 fully saturated rings. The maximum atomic E-state index is 13.1. The van der Waals surface area contributed by atoms with Crippen molar-refractivity contribution in [2.75, 3.05) is 7.11 Å². The van der Waals surface area contributed by atoms with E-state index in [1.54, 1.807) is 25.1 Å². The quantitative estimate of drug-likeness (QED) is 0.794. The van der Waals surface area contributed by atoms with E-state index in [1.807, 2.05) is 0 Å². The number of halogens is 2. The Morgan fingerprint density at radius 1 is 1.16 bits per heavy atom. The molecule has 2 aromatic carbocycles. The van der Waals surface area contributed by atoms with Gasteiger partial charge < -0.3 is 4.74 Å². The van der Waals surface area contributed by atoms with Gasteiger partial charge in [-0.2, -0.15) is 0 Å². The van der Waals surface area contributed by atoms with Crippen molar-refractivity contribution < 1.29 is 13.9 Å². The fourth-order valence-electron chi connectivity index (χ4n) is 1.88. The van der Waals surface area contributed by atoms with E-state index in [4.69, 9.17) is 4.74 Å². The minimum atomic E-state index is -0.350. The molecule has 0 saturated carbocycles. The van der Waals surface area contributed by atoms with Gasteiger partial charge in [0.15, 0.2) is 5.78 Å². The van der Waals surface area contributed by atoms with E-state index >= 15 is 0 Å². The highest BCUT2D eigenvalue weighted by Crippen LogP contribution is 2.26. The lowest BCUT2D eigenvalue weighted by atomic mass is 9.98. The van der Waals surface area contributed by atoms with Crippen LogP contribution in [0.25, 0.3) is 0 Å². The summed E-state index contributed by atoms with van der Waals surface area (Å²) in [4.78, 5) is 12.5. The van der Waals surface area contributed by atoms with Gasteiger partial charge in [-0.15, -0.1) is 0 Å². The lowest BCUT2D eigenvalue weighted by Crippen LogP contribution is -2.06. The summed E-state index contributed by atoms with van der Waals surface area (Å²) in [7, 11) is 1.51. The maximum absolute atomic E-state index is 13.1. The predicted molar refractivity (Wildman–Crippen MR) is 75.3 cm³/mol. The summed E-state index contributed by atoms with van der Waals surface area (Å²) in [6.45, 7) is 1.71. The van der Waals surface area contributed by atoms with Gasteiger partial charge in [-0.1, -0.05) is 15.9 Å². The number of hydrogen-bond donors (Lipinski definition) is 0. The topological polar surface area (TPSA) is 26.3 Å². The Balaban J connectivity index is 2.50. The number of methoxy groups -OCH3 is 1. The Labute approximate surface area is 119 Å². The summed E-state index contributed by atoms with van der Waals surface area (Å²) in [5.74, 6) is -0.0400. The second kappa shape index (κ2) is 5.53. The molecule has 2 aromatic rings. The van der Waals surface area contributed by atoms with Crippen molar-refractivity contribution in [3.63, 3.8) is 0 Å². The molecule has 0 N–H and O–H groups in total. The highest BCUT2D eigenvalue weighted by atomic mass is 79.9. The predicted octanol–water partition coefficient (Wildman–Crippen LogP) is 4.14. The molecule has 0 saturated heterocycles. The van der Waals surface area contributed by atoms with Gasteiger partial charge in [-0.25, -0.2) is 4.39 Å². The van der Waals surface area contributed by atoms with Gasteiger partial charge in [0.2, 0.25) is 0 Å². The second-order valence-electron chi connectivity index (χ2n) is 4.13. The van der Waals surface area contributed by atoms with E-state index in [0.29, 0.717) is 22.4 Å². The summed E-state index contributed by atoms with van der Waals surface area (Å²) in [6, 6.07) is 9.31. The average molecular weight is 323 g/mol. The monoisotopic (exact) mass is 322 g/mol. The molecular formula is C15H12BrFO2. The lowest BCUT2D eigenvalue weighted by molar-refractivity contribution is 0.103. The number of benzene rings is 2. The molecule has 0 aliphatic heterocycles. The largest absolute Gasteiger partial charge is 0.496 e. The molecule has 2 rings (SSSR count). The first kappa shape index (κ1) is 13.7. The Bertz CT molecular complexity index is 638. The number of ketones is 1. The molecule has 0 spiro atoms. The van der Waals surface area contributed by atoms with Crippen LogP contribution in [-0.2, 0) is 0 Å². The van der Waals surface area contributed by atoms with Crippen LogP contribution in [0.15, 0.2) is 40.9 Å². The highest BCUT2D eigenvalue weighted by Gasteiger charge is 2.16. The van der Waals surface area contributed by atoms with Crippen LogP contribution in [0.5, 0.6) is 5.75 Å². The number of hydrogen-bond acceptors (Lipinski definition) is 2. The third-order valence-corrected chi connectivity index (χ3v) is 3.33. The minimum Gasteiger partial charge on any atom is -0.496 e. The molecule has 0 aromatic heterocycles. The number of rotatable bonds is 3. The summed E-state index contributed by atoms with van der Waals surface area (Å²) in [6.07, 6.45) is 0. The first-order valence-corrected chi connectivity index (χ1v) is 6.46. The third-order valence-electron chi connectivity index (χ3n) is 2.84. The van der Waals surface area contributed by atoms with Crippen molar-refractivity contribution in [2.24, 2.45) is 0 Å². The van der Waals surface area contributed by atoms with E-state index in [1.165, 1.54) is 25.3 Å². The zero-order valence-electron chi connectivity index (χ0n) is 10.5. The molecule has 0 aliphatic rings. The standard InChI is InChI=1S/C15H12BrFO2/c1-9-7-11(17)4-6-12(9)15(18)13-5-3-10(16)8-14(13)19-2/h3-8H,1-2H3.